The van der Waals surface area contributed by atoms with Gasteiger partial charge in [-0.05, 0) is 40.5 Å². The van der Waals surface area contributed by atoms with Crippen molar-refractivity contribution in [3.05, 3.63) is 34.1 Å². The molecule has 1 aromatic heterocycles. The average molecular weight is 328 g/mol. The summed E-state index contributed by atoms with van der Waals surface area (Å²) in [6, 6.07) is 6.08. The summed E-state index contributed by atoms with van der Waals surface area (Å²) in [4.78, 5) is 0. The molecule has 2 rings (SSSR count). The number of methoxy groups -OCH3 is 1. The van der Waals surface area contributed by atoms with Gasteiger partial charge in [0.05, 0.1) is 11.6 Å². The SMILES string of the molecule is COc1ccc(CSc2nnc(C)n2C)cc1Br. The van der Waals surface area contributed by atoms with Gasteiger partial charge >= 0.3 is 0 Å². The number of benzene rings is 1. The van der Waals surface area contributed by atoms with E-state index in [1.807, 2.05) is 24.6 Å². The Labute approximate surface area is 119 Å². The fourth-order valence-corrected chi connectivity index (χ4v) is 2.95. The number of halogens is 1. The normalized spacial score (nSPS) is 10.7. The maximum absolute atomic E-state index is 5.21. The lowest BCUT2D eigenvalue weighted by Crippen LogP contribution is -1.94. The van der Waals surface area contributed by atoms with Gasteiger partial charge < -0.3 is 9.30 Å². The second kappa shape index (κ2) is 5.75. The average Bonchev–Trinajstić information content (AvgIpc) is 2.68. The summed E-state index contributed by atoms with van der Waals surface area (Å²) in [6.07, 6.45) is 0. The van der Waals surface area contributed by atoms with E-state index in [4.69, 9.17) is 4.74 Å². The van der Waals surface area contributed by atoms with Crippen molar-refractivity contribution in [1.29, 1.82) is 0 Å². The summed E-state index contributed by atoms with van der Waals surface area (Å²) in [5.74, 6) is 2.63. The van der Waals surface area contributed by atoms with Gasteiger partial charge in [-0.25, -0.2) is 0 Å². The number of aryl methyl sites for hydroxylation is 1. The van der Waals surface area contributed by atoms with Crippen molar-refractivity contribution in [2.45, 2.75) is 17.8 Å². The highest BCUT2D eigenvalue weighted by Gasteiger charge is 2.07. The largest absolute Gasteiger partial charge is 0.496 e. The Balaban J connectivity index is 2.06. The number of hydrogen-bond acceptors (Lipinski definition) is 4. The van der Waals surface area contributed by atoms with E-state index in [2.05, 4.69) is 38.3 Å². The van der Waals surface area contributed by atoms with E-state index in [0.29, 0.717) is 0 Å². The summed E-state index contributed by atoms with van der Waals surface area (Å²) < 4.78 is 8.16. The minimum atomic E-state index is 0.846. The topological polar surface area (TPSA) is 39.9 Å². The second-order valence-corrected chi connectivity index (χ2v) is 5.64. The number of hydrogen-bond donors (Lipinski definition) is 0. The Morgan fingerprint density at radius 2 is 2.17 bits per heavy atom. The molecule has 0 saturated heterocycles. The highest BCUT2D eigenvalue weighted by atomic mass is 79.9. The van der Waals surface area contributed by atoms with E-state index < -0.39 is 0 Å². The summed E-state index contributed by atoms with van der Waals surface area (Å²) in [5.41, 5.74) is 1.22. The Morgan fingerprint density at radius 3 is 2.72 bits per heavy atom. The van der Waals surface area contributed by atoms with Gasteiger partial charge in [-0.3, -0.25) is 0 Å². The number of ether oxygens (including phenoxy) is 1. The molecule has 6 heteroatoms. The van der Waals surface area contributed by atoms with E-state index in [1.54, 1.807) is 18.9 Å². The Bertz CT molecular complexity index is 556. The van der Waals surface area contributed by atoms with Gasteiger partial charge in [-0.15, -0.1) is 10.2 Å². The molecule has 2 aromatic rings. The van der Waals surface area contributed by atoms with Crippen molar-refractivity contribution in [1.82, 2.24) is 14.8 Å². The molecule has 0 aliphatic rings. The van der Waals surface area contributed by atoms with E-state index in [1.165, 1.54) is 5.56 Å². The van der Waals surface area contributed by atoms with Crippen LogP contribution in [0.5, 0.6) is 5.75 Å². The zero-order valence-electron chi connectivity index (χ0n) is 10.5. The molecule has 0 amide bonds. The van der Waals surface area contributed by atoms with Crippen molar-refractivity contribution in [3.8, 4) is 5.75 Å². The molecule has 4 nitrogen and oxygen atoms in total. The molecule has 0 aliphatic carbocycles. The van der Waals surface area contributed by atoms with Crippen LogP contribution >= 0.6 is 27.7 Å². The lowest BCUT2D eigenvalue weighted by molar-refractivity contribution is 0.412. The van der Waals surface area contributed by atoms with Gasteiger partial charge in [0, 0.05) is 12.8 Å². The van der Waals surface area contributed by atoms with Crippen LogP contribution in [0.4, 0.5) is 0 Å². The molecule has 0 unspecified atom stereocenters. The van der Waals surface area contributed by atoms with Crippen molar-refractivity contribution in [3.63, 3.8) is 0 Å². The van der Waals surface area contributed by atoms with Crippen molar-refractivity contribution in [2.24, 2.45) is 7.05 Å². The molecule has 0 atom stereocenters. The number of nitrogens with zero attached hydrogens (tertiary/aromatic N) is 3. The smallest absolute Gasteiger partial charge is 0.191 e. The summed E-state index contributed by atoms with van der Waals surface area (Å²) in [5, 5.41) is 9.09. The molecule has 96 valence electrons. The first kappa shape index (κ1) is 13.4. The Kier molecular flexibility index (Phi) is 4.29. The Hall–Kier alpha value is -1.01. The van der Waals surface area contributed by atoms with Gasteiger partial charge in [0.25, 0.3) is 0 Å². The van der Waals surface area contributed by atoms with E-state index in [-0.39, 0.29) is 0 Å². The van der Waals surface area contributed by atoms with Crippen LogP contribution in [0.3, 0.4) is 0 Å². The first-order valence-electron chi connectivity index (χ1n) is 5.43. The fourth-order valence-electron chi connectivity index (χ4n) is 1.46. The van der Waals surface area contributed by atoms with Gasteiger partial charge in [0.15, 0.2) is 5.16 Å². The Morgan fingerprint density at radius 1 is 1.39 bits per heavy atom. The van der Waals surface area contributed by atoms with Crippen LogP contribution in [0, 0.1) is 6.92 Å². The van der Waals surface area contributed by atoms with Gasteiger partial charge in [-0.1, -0.05) is 17.8 Å². The van der Waals surface area contributed by atoms with Crippen LogP contribution in [0.2, 0.25) is 0 Å². The summed E-state index contributed by atoms with van der Waals surface area (Å²) in [6.45, 7) is 1.95. The molecule has 0 aliphatic heterocycles. The molecular formula is C12H14BrN3OS. The van der Waals surface area contributed by atoms with Crippen molar-refractivity contribution in [2.75, 3.05) is 7.11 Å². The zero-order chi connectivity index (χ0) is 13.1. The highest BCUT2D eigenvalue weighted by Crippen LogP contribution is 2.28. The minimum absolute atomic E-state index is 0.846. The standard InChI is InChI=1S/C12H14BrN3OS/c1-8-14-15-12(16(8)2)18-7-9-4-5-11(17-3)10(13)6-9/h4-6H,7H2,1-3H3. The van der Waals surface area contributed by atoms with Crippen LogP contribution in [-0.2, 0) is 12.8 Å². The third-order valence-corrected chi connectivity index (χ3v) is 4.35. The van der Waals surface area contributed by atoms with Crippen LogP contribution in [-0.4, -0.2) is 21.9 Å². The number of thioether (sulfide) groups is 1. The van der Waals surface area contributed by atoms with Crippen LogP contribution < -0.4 is 4.74 Å². The second-order valence-electron chi connectivity index (χ2n) is 3.85. The fraction of sp³-hybridized carbons (Fsp3) is 0.333. The van der Waals surface area contributed by atoms with Crippen molar-refractivity contribution >= 4 is 27.7 Å². The molecule has 0 spiro atoms. The van der Waals surface area contributed by atoms with Gasteiger partial charge in [-0.2, -0.15) is 0 Å². The lowest BCUT2D eigenvalue weighted by atomic mass is 10.2. The van der Waals surface area contributed by atoms with Crippen LogP contribution in [0.1, 0.15) is 11.4 Å². The molecular weight excluding hydrogens is 314 g/mol. The maximum Gasteiger partial charge on any atom is 0.191 e. The predicted molar refractivity (Wildman–Crippen MR) is 76.0 cm³/mol. The quantitative estimate of drug-likeness (QED) is 0.808. The predicted octanol–water partition coefficient (Wildman–Crippen LogP) is 3.19. The first-order valence-corrected chi connectivity index (χ1v) is 7.21. The maximum atomic E-state index is 5.21. The molecule has 1 aromatic carbocycles. The lowest BCUT2D eigenvalue weighted by Gasteiger charge is -2.06. The van der Waals surface area contributed by atoms with Gasteiger partial charge in [0.2, 0.25) is 0 Å². The number of aromatic nitrogens is 3. The van der Waals surface area contributed by atoms with E-state index >= 15 is 0 Å². The van der Waals surface area contributed by atoms with Crippen molar-refractivity contribution < 1.29 is 4.74 Å². The monoisotopic (exact) mass is 327 g/mol. The molecule has 0 fully saturated rings. The third-order valence-electron chi connectivity index (χ3n) is 2.64. The highest BCUT2D eigenvalue weighted by molar-refractivity contribution is 9.10. The zero-order valence-corrected chi connectivity index (χ0v) is 12.9. The molecule has 0 N–H and O–H groups in total. The molecule has 0 radical (unpaired) electrons. The van der Waals surface area contributed by atoms with Crippen LogP contribution in [0.15, 0.2) is 27.8 Å². The van der Waals surface area contributed by atoms with Crippen LogP contribution in [0.25, 0.3) is 0 Å². The van der Waals surface area contributed by atoms with E-state index in [0.717, 1.165) is 27.0 Å². The molecule has 1 heterocycles. The first-order chi connectivity index (χ1) is 8.61. The summed E-state index contributed by atoms with van der Waals surface area (Å²) >= 11 is 5.16. The minimum Gasteiger partial charge on any atom is -0.496 e. The summed E-state index contributed by atoms with van der Waals surface area (Å²) in [7, 11) is 3.64. The third kappa shape index (κ3) is 2.87. The van der Waals surface area contributed by atoms with E-state index in [9.17, 15) is 0 Å². The molecule has 18 heavy (non-hydrogen) atoms. The van der Waals surface area contributed by atoms with Gasteiger partial charge in [0.1, 0.15) is 11.6 Å². The number of rotatable bonds is 4. The molecule has 0 saturated carbocycles. The molecule has 0 bridgehead atoms.